The minimum atomic E-state index is 0.0681. The molecule has 1 atom stereocenters. The summed E-state index contributed by atoms with van der Waals surface area (Å²) in [4.78, 5) is 18.5. The molecule has 1 unspecified atom stereocenters. The Morgan fingerprint density at radius 1 is 1.50 bits per heavy atom. The molecule has 18 heavy (non-hydrogen) atoms. The second-order valence-corrected chi connectivity index (χ2v) is 4.64. The standard InChI is InChI=1S/C13H16N4O/c14-8-11-2-1-6-17(11)13(18)10-3-4-12-15-5-7-16(12)9-10/h3-5,7,9,11H,1-2,6,8,14H2. The smallest absolute Gasteiger partial charge is 0.255 e. The van der Waals surface area contributed by atoms with Crippen LogP contribution in [0.4, 0.5) is 0 Å². The maximum atomic E-state index is 12.4. The Kier molecular flexibility index (Phi) is 2.76. The maximum Gasteiger partial charge on any atom is 0.255 e. The van der Waals surface area contributed by atoms with Crippen molar-refractivity contribution in [2.75, 3.05) is 13.1 Å². The molecule has 0 spiro atoms. The summed E-state index contributed by atoms with van der Waals surface area (Å²) in [7, 11) is 0. The van der Waals surface area contributed by atoms with Crippen molar-refractivity contribution in [3.05, 3.63) is 36.3 Å². The van der Waals surface area contributed by atoms with E-state index in [4.69, 9.17) is 5.73 Å². The second kappa shape index (κ2) is 4.42. The van der Waals surface area contributed by atoms with Gasteiger partial charge in [-0.15, -0.1) is 0 Å². The van der Waals surface area contributed by atoms with E-state index >= 15 is 0 Å². The average molecular weight is 244 g/mol. The van der Waals surface area contributed by atoms with E-state index in [-0.39, 0.29) is 11.9 Å². The Morgan fingerprint density at radius 3 is 3.22 bits per heavy atom. The number of hydrogen-bond donors (Lipinski definition) is 1. The minimum absolute atomic E-state index is 0.0681. The minimum Gasteiger partial charge on any atom is -0.334 e. The van der Waals surface area contributed by atoms with E-state index in [0.717, 1.165) is 25.0 Å². The Morgan fingerprint density at radius 2 is 2.39 bits per heavy atom. The number of carbonyl (C=O) groups is 1. The van der Waals surface area contributed by atoms with Gasteiger partial charge < -0.3 is 15.0 Å². The largest absolute Gasteiger partial charge is 0.334 e. The summed E-state index contributed by atoms with van der Waals surface area (Å²) < 4.78 is 1.86. The molecule has 0 aliphatic carbocycles. The van der Waals surface area contributed by atoms with E-state index in [9.17, 15) is 4.79 Å². The van der Waals surface area contributed by atoms with Gasteiger partial charge in [-0.05, 0) is 25.0 Å². The van der Waals surface area contributed by atoms with E-state index in [1.165, 1.54) is 0 Å². The number of pyridine rings is 1. The highest BCUT2D eigenvalue weighted by molar-refractivity contribution is 5.94. The molecule has 0 aromatic carbocycles. The third-order valence-electron chi connectivity index (χ3n) is 3.55. The fourth-order valence-corrected chi connectivity index (χ4v) is 2.56. The number of aromatic nitrogens is 2. The van der Waals surface area contributed by atoms with Gasteiger partial charge in [0, 0.05) is 37.7 Å². The van der Waals surface area contributed by atoms with Gasteiger partial charge >= 0.3 is 0 Å². The highest BCUT2D eigenvalue weighted by Crippen LogP contribution is 2.19. The third-order valence-corrected chi connectivity index (χ3v) is 3.55. The summed E-state index contributed by atoms with van der Waals surface area (Å²) in [6, 6.07) is 3.88. The van der Waals surface area contributed by atoms with Gasteiger partial charge in [0.2, 0.25) is 0 Å². The van der Waals surface area contributed by atoms with E-state index in [2.05, 4.69) is 4.98 Å². The molecule has 5 heteroatoms. The van der Waals surface area contributed by atoms with Crippen molar-refractivity contribution >= 4 is 11.6 Å². The Bertz CT molecular complexity index is 577. The quantitative estimate of drug-likeness (QED) is 0.853. The van der Waals surface area contributed by atoms with Crippen LogP contribution in [0.2, 0.25) is 0 Å². The SMILES string of the molecule is NCC1CCCN1C(=O)c1ccc2nccn2c1. The summed E-state index contributed by atoms with van der Waals surface area (Å²) in [5, 5.41) is 0. The van der Waals surface area contributed by atoms with Crippen molar-refractivity contribution < 1.29 is 4.79 Å². The molecule has 2 aromatic rings. The van der Waals surface area contributed by atoms with Crippen molar-refractivity contribution in [2.24, 2.45) is 5.73 Å². The molecule has 0 saturated carbocycles. The summed E-state index contributed by atoms with van der Waals surface area (Å²) in [5.41, 5.74) is 7.25. The number of fused-ring (bicyclic) bond motifs is 1. The van der Waals surface area contributed by atoms with Crippen LogP contribution in [0.3, 0.4) is 0 Å². The molecule has 0 bridgehead atoms. The highest BCUT2D eigenvalue weighted by atomic mass is 16.2. The lowest BCUT2D eigenvalue weighted by Gasteiger charge is -2.23. The predicted molar refractivity (Wildman–Crippen MR) is 68.3 cm³/mol. The van der Waals surface area contributed by atoms with Gasteiger partial charge in [-0.1, -0.05) is 0 Å². The zero-order chi connectivity index (χ0) is 12.5. The number of amides is 1. The predicted octanol–water partition coefficient (Wildman–Crippen LogP) is 0.898. The maximum absolute atomic E-state index is 12.4. The van der Waals surface area contributed by atoms with E-state index < -0.39 is 0 Å². The molecular formula is C13H16N4O. The van der Waals surface area contributed by atoms with Gasteiger partial charge in [0.05, 0.1) is 5.56 Å². The van der Waals surface area contributed by atoms with E-state index in [0.29, 0.717) is 12.1 Å². The van der Waals surface area contributed by atoms with Gasteiger partial charge in [0.25, 0.3) is 5.91 Å². The van der Waals surface area contributed by atoms with Crippen LogP contribution in [0, 0.1) is 0 Å². The first-order valence-corrected chi connectivity index (χ1v) is 6.23. The molecule has 1 aliphatic rings. The van der Waals surface area contributed by atoms with E-state index in [1.807, 2.05) is 33.8 Å². The normalized spacial score (nSPS) is 19.6. The van der Waals surface area contributed by atoms with Crippen LogP contribution in [0.5, 0.6) is 0 Å². The molecular weight excluding hydrogens is 228 g/mol. The number of imidazole rings is 1. The molecule has 5 nitrogen and oxygen atoms in total. The van der Waals surface area contributed by atoms with Gasteiger partial charge in [-0.25, -0.2) is 4.98 Å². The van der Waals surface area contributed by atoms with E-state index in [1.54, 1.807) is 6.20 Å². The third kappa shape index (κ3) is 1.76. The molecule has 1 fully saturated rings. The summed E-state index contributed by atoms with van der Waals surface area (Å²) in [5.74, 6) is 0.0681. The number of carbonyl (C=O) groups excluding carboxylic acids is 1. The number of nitrogens with two attached hydrogens (primary N) is 1. The Labute approximate surface area is 105 Å². The Balaban J connectivity index is 1.91. The number of rotatable bonds is 2. The summed E-state index contributed by atoms with van der Waals surface area (Å²) in [6.07, 6.45) is 7.45. The monoisotopic (exact) mass is 244 g/mol. The lowest BCUT2D eigenvalue weighted by molar-refractivity contribution is 0.0740. The van der Waals surface area contributed by atoms with Crippen molar-refractivity contribution in [2.45, 2.75) is 18.9 Å². The fourth-order valence-electron chi connectivity index (χ4n) is 2.56. The highest BCUT2D eigenvalue weighted by Gasteiger charge is 2.28. The number of nitrogens with zero attached hydrogens (tertiary/aromatic N) is 3. The zero-order valence-electron chi connectivity index (χ0n) is 10.1. The average Bonchev–Trinajstić information content (AvgIpc) is 3.05. The van der Waals surface area contributed by atoms with Crippen molar-refractivity contribution in [3.8, 4) is 0 Å². The molecule has 1 aliphatic heterocycles. The van der Waals surface area contributed by atoms with Crippen LogP contribution in [0.1, 0.15) is 23.2 Å². The number of hydrogen-bond acceptors (Lipinski definition) is 3. The van der Waals surface area contributed by atoms with Gasteiger partial charge in [0.1, 0.15) is 5.65 Å². The van der Waals surface area contributed by atoms with Gasteiger partial charge in [-0.3, -0.25) is 4.79 Å². The molecule has 2 aromatic heterocycles. The molecule has 0 radical (unpaired) electrons. The van der Waals surface area contributed by atoms with Crippen molar-refractivity contribution in [3.63, 3.8) is 0 Å². The first-order chi connectivity index (χ1) is 8.79. The zero-order valence-corrected chi connectivity index (χ0v) is 10.1. The van der Waals surface area contributed by atoms with Crippen molar-refractivity contribution in [1.29, 1.82) is 0 Å². The molecule has 1 amide bonds. The van der Waals surface area contributed by atoms with Crippen LogP contribution in [0.25, 0.3) is 5.65 Å². The summed E-state index contributed by atoms with van der Waals surface area (Å²) >= 11 is 0. The molecule has 3 heterocycles. The van der Waals surface area contributed by atoms with Crippen LogP contribution >= 0.6 is 0 Å². The second-order valence-electron chi connectivity index (χ2n) is 4.64. The number of likely N-dealkylation sites (tertiary alicyclic amines) is 1. The van der Waals surface area contributed by atoms with Gasteiger partial charge in [-0.2, -0.15) is 0 Å². The fraction of sp³-hybridized carbons (Fsp3) is 0.385. The lowest BCUT2D eigenvalue weighted by atomic mass is 10.2. The van der Waals surface area contributed by atoms with Crippen LogP contribution in [-0.2, 0) is 0 Å². The first kappa shape index (κ1) is 11.2. The molecule has 2 N–H and O–H groups in total. The first-order valence-electron chi connectivity index (χ1n) is 6.23. The Hall–Kier alpha value is -1.88. The van der Waals surface area contributed by atoms with Crippen molar-refractivity contribution in [1.82, 2.24) is 14.3 Å². The lowest BCUT2D eigenvalue weighted by Crippen LogP contribution is -2.39. The molecule has 94 valence electrons. The molecule has 3 rings (SSSR count). The molecule has 1 saturated heterocycles. The van der Waals surface area contributed by atoms with Gasteiger partial charge in [0.15, 0.2) is 0 Å². The van der Waals surface area contributed by atoms with Crippen LogP contribution < -0.4 is 5.73 Å². The summed E-state index contributed by atoms with van der Waals surface area (Å²) in [6.45, 7) is 1.35. The van der Waals surface area contributed by atoms with Crippen LogP contribution in [0.15, 0.2) is 30.7 Å². The topological polar surface area (TPSA) is 63.6 Å². The van der Waals surface area contributed by atoms with Crippen LogP contribution in [-0.4, -0.2) is 39.3 Å².